The minimum atomic E-state index is -3.74. The molecule has 0 aliphatic rings. The molecule has 0 bridgehead atoms. The van der Waals surface area contributed by atoms with Gasteiger partial charge in [0.25, 0.3) is 21.7 Å². The molecule has 1 radical (unpaired) electrons. The molecule has 0 fully saturated rings. The van der Waals surface area contributed by atoms with Gasteiger partial charge in [0.2, 0.25) is 0 Å². The van der Waals surface area contributed by atoms with Crippen molar-refractivity contribution in [2.75, 3.05) is 44.0 Å². The first-order valence-electron chi connectivity index (χ1n) is 8.27. The van der Waals surface area contributed by atoms with E-state index in [0.717, 1.165) is 18.4 Å². The number of benzene rings is 1. The highest BCUT2D eigenvalue weighted by atomic mass is 32.2. The molecule has 0 saturated heterocycles. The van der Waals surface area contributed by atoms with Crippen LogP contribution in [0.4, 0.5) is 17.1 Å². The molecule has 29 heavy (non-hydrogen) atoms. The van der Waals surface area contributed by atoms with E-state index in [1.807, 2.05) is 0 Å². The van der Waals surface area contributed by atoms with Crippen LogP contribution in [0.3, 0.4) is 0 Å². The SMILES string of the molecule is [CH2]CN(CCOS(C)(=O)=O)c1ccc([N+](=O)[O-])c(C(=O)NCCCO)c1[N+](=O)[O-]. The highest BCUT2D eigenvalue weighted by molar-refractivity contribution is 7.85. The first kappa shape index (κ1) is 24.2. The summed E-state index contributed by atoms with van der Waals surface area (Å²) in [6, 6.07) is 2.04. The van der Waals surface area contributed by atoms with Gasteiger partial charge in [-0.25, -0.2) is 0 Å². The minimum absolute atomic E-state index is 0.0465. The van der Waals surface area contributed by atoms with Crippen LogP contribution in [0.15, 0.2) is 12.1 Å². The molecule has 1 rings (SSSR count). The van der Waals surface area contributed by atoms with Crippen molar-refractivity contribution < 1.29 is 32.3 Å². The summed E-state index contributed by atoms with van der Waals surface area (Å²) in [5, 5.41) is 34.1. The Morgan fingerprint density at radius 1 is 1.31 bits per heavy atom. The second-order valence-electron chi connectivity index (χ2n) is 5.69. The smallest absolute Gasteiger partial charge is 0.312 e. The van der Waals surface area contributed by atoms with E-state index in [1.54, 1.807) is 0 Å². The average Bonchev–Trinajstić information content (AvgIpc) is 2.63. The van der Waals surface area contributed by atoms with Crippen LogP contribution in [0.25, 0.3) is 0 Å². The van der Waals surface area contributed by atoms with Gasteiger partial charge in [0.15, 0.2) is 5.56 Å². The highest BCUT2D eigenvalue weighted by Gasteiger charge is 2.35. The fourth-order valence-electron chi connectivity index (χ4n) is 2.41. The number of amides is 1. The molecule has 0 aromatic heterocycles. The van der Waals surface area contributed by atoms with Gasteiger partial charge in [-0.3, -0.25) is 29.2 Å². The number of rotatable bonds is 12. The number of aliphatic hydroxyl groups is 1. The largest absolute Gasteiger partial charge is 0.396 e. The van der Waals surface area contributed by atoms with E-state index in [-0.39, 0.29) is 45.0 Å². The van der Waals surface area contributed by atoms with Crippen LogP contribution in [-0.2, 0) is 14.3 Å². The zero-order valence-corrected chi connectivity index (χ0v) is 16.4. The number of carbonyl (C=O) groups is 1. The maximum absolute atomic E-state index is 12.4. The second kappa shape index (κ2) is 10.6. The van der Waals surface area contributed by atoms with Gasteiger partial charge in [-0.05, 0) is 19.4 Å². The Kier molecular flexibility index (Phi) is 8.87. The number of hydrogen-bond acceptors (Lipinski definition) is 10. The van der Waals surface area contributed by atoms with Crippen LogP contribution in [0.5, 0.6) is 0 Å². The third-order valence-corrected chi connectivity index (χ3v) is 4.23. The van der Waals surface area contributed by atoms with Gasteiger partial charge in [-0.2, -0.15) is 8.42 Å². The quantitative estimate of drug-likeness (QED) is 0.200. The zero-order valence-electron chi connectivity index (χ0n) is 15.6. The normalized spacial score (nSPS) is 11.1. The number of hydrogen-bond donors (Lipinski definition) is 2. The van der Waals surface area contributed by atoms with Crippen LogP contribution < -0.4 is 10.2 Å². The van der Waals surface area contributed by atoms with E-state index < -0.39 is 42.8 Å². The van der Waals surface area contributed by atoms with Crippen molar-refractivity contribution in [2.24, 2.45) is 0 Å². The van der Waals surface area contributed by atoms with Crippen molar-refractivity contribution in [3.05, 3.63) is 44.8 Å². The lowest BCUT2D eigenvalue weighted by Gasteiger charge is -2.23. The monoisotopic (exact) mass is 433 g/mol. The molecule has 0 heterocycles. The standard InChI is InChI=1S/C15H21N4O9S/c1-3-17(8-10-28-29(2,26)27)12-6-5-11(18(22)23)13(14(12)19(24)25)15(21)16-7-4-9-20/h5-6,20H,1,3-4,7-10H2,2H3,(H,16,21). The van der Waals surface area contributed by atoms with E-state index in [0.29, 0.717) is 0 Å². The summed E-state index contributed by atoms with van der Waals surface area (Å²) < 4.78 is 26.8. The Hall–Kier alpha value is -2.84. The first-order chi connectivity index (χ1) is 13.5. The van der Waals surface area contributed by atoms with Gasteiger partial charge in [0.05, 0.1) is 22.7 Å². The van der Waals surface area contributed by atoms with E-state index >= 15 is 0 Å². The van der Waals surface area contributed by atoms with Gasteiger partial charge < -0.3 is 15.3 Å². The number of aliphatic hydroxyl groups excluding tert-OH is 1. The first-order valence-corrected chi connectivity index (χ1v) is 10.1. The molecule has 1 aromatic rings. The van der Waals surface area contributed by atoms with Crippen LogP contribution in [0, 0.1) is 27.2 Å². The lowest BCUT2D eigenvalue weighted by molar-refractivity contribution is -0.394. The van der Waals surface area contributed by atoms with Gasteiger partial charge >= 0.3 is 5.69 Å². The lowest BCUT2D eigenvalue weighted by Crippen LogP contribution is -2.31. The highest BCUT2D eigenvalue weighted by Crippen LogP contribution is 2.37. The average molecular weight is 433 g/mol. The van der Waals surface area contributed by atoms with E-state index in [2.05, 4.69) is 16.4 Å². The third kappa shape index (κ3) is 6.92. The Balaban J connectivity index is 3.43. The predicted octanol–water partition coefficient (Wildman–Crippen LogP) is 0.232. The molecule has 2 N–H and O–H groups in total. The van der Waals surface area contributed by atoms with Gasteiger partial charge in [0.1, 0.15) is 5.69 Å². The van der Waals surface area contributed by atoms with Crippen molar-refractivity contribution >= 4 is 33.1 Å². The Morgan fingerprint density at radius 3 is 2.45 bits per heavy atom. The maximum Gasteiger partial charge on any atom is 0.312 e. The Labute approximate surface area is 166 Å². The van der Waals surface area contributed by atoms with Crippen LogP contribution in [0.2, 0.25) is 0 Å². The van der Waals surface area contributed by atoms with Crippen molar-refractivity contribution in [3.8, 4) is 0 Å². The summed E-state index contributed by atoms with van der Waals surface area (Å²) in [5.74, 6) is -1.05. The second-order valence-corrected chi connectivity index (χ2v) is 7.33. The molecule has 161 valence electrons. The molecule has 1 amide bonds. The summed E-state index contributed by atoms with van der Waals surface area (Å²) >= 11 is 0. The van der Waals surface area contributed by atoms with Crippen molar-refractivity contribution in [3.63, 3.8) is 0 Å². The molecule has 0 saturated carbocycles. The molecule has 0 unspecified atom stereocenters. The van der Waals surface area contributed by atoms with Crippen molar-refractivity contribution in [2.45, 2.75) is 6.42 Å². The number of nitro groups is 2. The molecule has 0 aliphatic carbocycles. The maximum atomic E-state index is 12.4. The molecular formula is C15H21N4O9S. The molecule has 0 aliphatic heterocycles. The lowest BCUT2D eigenvalue weighted by atomic mass is 10.1. The summed E-state index contributed by atoms with van der Waals surface area (Å²) in [5.41, 5.74) is -2.49. The van der Waals surface area contributed by atoms with Gasteiger partial charge in [0, 0.05) is 32.3 Å². The predicted molar refractivity (Wildman–Crippen MR) is 102 cm³/mol. The van der Waals surface area contributed by atoms with E-state index in [1.165, 1.54) is 4.90 Å². The van der Waals surface area contributed by atoms with Crippen LogP contribution >= 0.6 is 0 Å². The zero-order chi connectivity index (χ0) is 22.2. The summed E-state index contributed by atoms with van der Waals surface area (Å²) in [4.78, 5) is 34.9. The molecule has 0 spiro atoms. The molecule has 1 aromatic carbocycles. The Bertz CT molecular complexity index is 873. The number of nitro benzene ring substituents is 2. The van der Waals surface area contributed by atoms with Crippen molar-refractivity contribution in [1.82, 2.24) is 5.32 Å². The molecule has 0 atom stereocenters. The topological polar surface area (TPSA) is 182 Å². The van der Waals surface area contributed by atoms with Crippen molar-refractivity contribution in [1.29, 1.82) is 0 Å². The number of carbonyl (C=O) groups excluding carboxylic acids is 1. The van der Waals surface area contributed by atoms with Gasteiger partial charge in [-0.1, -0.05) is 0 Å². The van der Waals surface area contributed by atoms with E-state index in [4.69, 9.17) is 5.11 Å². The van der Waals surface area contributed by atoms with E-state index in [9.17, 15) is 33.4 Å². The minimum Gasteiger partial charge on any atom is -0.396 e. The molecular weight excluding hydrogens is 412 g/mol. The number of nitrogens with one attached hydrogen (secondary N) is 1. The van der Waals surface area contributed by atoms with Crippen LogP contribution in [-0.4, -0.2) is 68.4 Å². The fourth-order valence-corrected chi connectivity index (χ4v) is 2.78. The number of nitrogens with zero attached hydrogens (tertiary/aromatic N) is 3. The molecule has 13 nitrogen and oxygen atoms in total. The summed E-state index contributed by atoms with van der Waals surface area (Å²) in [6.07, 6.45) is 0.992. The van der Waals surface area contributed by atoms with Crippen LogP contribution in [0.1, 0.15) is 16.8 Å². The molecule has 14 heteroatoms. The number of anilines is 1. The van der Waals surface area contributed by atoms with Gasteiger partial charge in [-0.15, -0.1) is 0 Å². The summed E-state index contributed by atoms with van der Waals surface area (Å²) in [6.45, 7) is 2.75. The summed E-state index contributed by atoms with van der Waals surface area (Å²) in [7, 11) is -3.74. The third-order valence-electron chi connectivity index (χ3n) is 3.63. The Morgan fingerprint density at radius 2 is 1.97 bits per heavy atom. The fraction of sp³-hybridized carbons (Fsp3) is 0.467.